The van der Waals surface area contributed by atoms with Gasteiger partial charge in [-0.1, -0.05) is 15.9 Å². The van der Waals surface area contributed by atoms with E-state index in [1.807, 2.05) is 55.8 Å². The van der Waals surface area contributed by atoms with Crippen molar-refractivity contribution in [2.45, 2.75) is 32.9 Å². The number of aromatic nitrogens is 1. The molecule has 96 valence electrons. The van der Waals surface area contributed by atoms with Crippen LogP contribution in [0.3, 0.4) is 0 Å². The molecule has 3 nitrogen and oxygen atoms in total. The molecule has 1 N–H and O–H groups in total. The van der Waals surface area contributed by atoms with E-state index in [0.717, 1.165) is 15.4 Å². The molecule has 0 aliphatic rings. The lowest BCUT2D eigenvalue weighted by Gasteiger charge is -2.20. The lowest BCUT2D eigenvalue weighted by molar-refractivity contribution is -0.123. The fourth-order valence-corrected chi connectivity index (χ4v) is 2.30. The highest BCUT2D eigenvalue weighted by Crippen LogP contribution is 2.20. The van der Waals surface area contributed by atoms with Gasteiger partial charge < -0.3 is 9.88 Å². The Hall–Kier alpha value is -1.29. The second kappa shape index (κ2) is 4.76. The van der Waals surface area contributed by atoms with Gasteiger partial charge in [0.15, 0.2) is 0 Å². The first kappa shape index (κ1) is 13.1. The van der Waals surface area contributed by atoms with Crippen LogP contribution in [0.25, 0.3) is 10.9 Å². The molecule has 2 rings (SSSR count). The van der Waals surface area contributed by atoms with E-state index in [1.54, 1.807) is 0 Å². The third-order valence-electron chi connectivity index (χ3n) is 2.56. The third-order valence-corrected chi connectivity index (χ3v) is 3.05. The van der Waals surface area contributed by atoms with E-state index in [1.165, 1.54) is 0 Å². The van der Waals surface area contributed by atoms with Gasteiger partial charge in [-0.3, -0.25) is 4.79 Å². The molecule has 2 aromatic rings. The van der Waals surface area contributed by atoms with Gasteiger partial charge in [-0.2, -0.15) is 0 Å². The van der Waals surface area contributed by atoms with E-state index in [4.69, 9.17) is 0 Å². The van der Waals surface area contributed by atoms with Crippen molar-refractivity contribution in [3.8, 4) is 0 Å². The van der Waals surface area contributed by atoms with Crippen molar-refractivity contribution in [2.75, 3.05) is 0 Å². The molecule has 1 aromatic carbocycles. The standard InChI is InChI=1S/C14H17BrN2O/c1-14(2,3)16-13(18)9-17-7-6-10-8-11(15)4-5-12(10)17/h4-8H,9H2,1-3H3,(H,16,18). The van der Waals surface area contributed by atoms with Crippen LogP contribution in [0, 0.1) is 0 Å². The summed E-state index contributed by atoms with van der Waals surface area (Å²) in [4.78, 5) is 11.9. The molecule has 1 aromatic heterocycles. The number of carbonyl (C=O) groups excluding carboxylic acids is 1. The summed E-state index contributed by atoms with van der Waals surface area (Å²) < 4.78 is 3.01. The minimum Gasteiger partial charge on any atom is -0.350 e. The van der Waals surface area contributed by atoms with Gasteiger partial charge in [0.2, 0.25) is 5.91 Å². The lowest BCUT2D eigenvalue weighted by Crippen LogP contribution is -2.42. The van der Waals surface area contributed by atoms with Crippen molar-refractivity contribution in [2.24, 2.45) is 0 Å². The molecule has 0 fully saturated rings. The topological polar surface area (TPSA) is 34.0 Å². The second-order valence-corrected chi connectivity index (χ2v) is 6.36. The van der Waals surface area contributed by atoms with Crippen LogP contribution in [0.5, 0.6) is 0 Å². The van der Waals surface area contributed by atoms with E-state index >= 15 is 0 Å². The minimum absolute atomic E-state index is 0.0305. The Bertz CT molecular complexity index is 581. The molecular weight excluding hydrogens is 292 g/mol. The highest BCUT2D eigenvalue weighted by atomic mass is 79.9. The van der Waals surface area contributed by atoms with Crippen LogP contribution in [0.4, 0.5) is 0 Å². The Morgan fingerprint density at radius 1 is 1.33 bits per heavy atom. The highest BCUT2D eigenvalue weighted by Gasteiger charge is 2.14. The fraction of sp³-hybridized carbons (Fsp3) is 0.357. The molecule has 0 bridgehead atoms. The summed E-state index contributed by atoms with van der Waals surface area (Å²) in [5.74, 6) is 0.0305. The summed E-state index contributed by atoms with van der Waals surface area (Å²) in [5, 5.41) is 4.10. The average molecular weight is 309 g/mol. The summed E-state index contributed by atoms with van der Waals surface area (Å²) in [7, 11) is 0. The molecule has 0 atom stereocenters. The zero-order valence-electron chi connectivity index (χ0n) is 10.8. The second-order valence-electron chi connectivity index (χ2n) is 5.44. The summed E-state index contributed by atoms with van der Waals surface area (Å²) in [6.45, 7) is 6.30. The molecule has 0 unspecified atom stereocenters. The van der Waals surface area contributed by atoms with Gasteiger partial charge in [0.05, 0.1) is 0 Å². The van der Waals surface area contributed by atoms with Crippen molar-refractivity contribution in [1.29, 1.82) is 0 Å². The Morgan fingerprint density at radius 3 is 2.72 bits per heavy atom. The number of halogens is 1. The summed E-state index contributed by atoms with van der Waals surface area (Å²) in [6.07, 6.45) is 1.94. The molecule has 18 heavy (non-hydrogen) atoms. The maximum Gasteiger partial charge on any atom is 0.240 e. The average Bonchev–Trinajstić information content (AvgIpc) is 2.57. The highest BCUT2D eigenvalue weighted by molar-refractivity contribution is 9.10. The first-order valence-corrected chi connectivity index (χ1v) is 6.70. The van der Waals surface area contributed by atoms with Gasteiger partial charge in [0.1, 0.15) is 6.54 Å². The zero-order valence-corrected chi connectivity index (χ0v) is 12.4. The predicted octanol–water partition coefficient (Wildman–Crippen LogP) is 3.32. The van der Waals surface area contributed by atoms with Crippen LogP contribution in [0.1, 0.15) is 20.8 Å². The van der Waals surface area contributed by atoms with Crippen molar-refractivity contribution in [3.05, 3.63) is 34.9 Å². The van der Waals surface area contributed by atoms with Crippen LogP contribution in [-0.4, -0.2) is 16.0 Å². The van der Waals surface area contributed by atoms with Gasteiger partial charge in [-0.05, 0) is 45.0 Å². The van der Waals surface area contributed by atoms with E-state index < -0.39 is 0 Å². The molecule has 1 amide bonds. The Labute approximate surface area is 115 Å². The number of benzene rings is 1. The molecule has 0 radical (unpaired) electrons. The van der Waals surface area contributed by atoms with Crippen molar-refractivity contribution in [1.82, 2.24) is 9.88 Å². The quantitative estimate of drug-likeness (QED) is 0.907. The van der Waals surface area contributed by atoms with Crippen molar-refractivity contribution >= 4 is 32.7 Å². The summed E-state index contributed by atoms with van der Waals surface area (Å²) in [5.41, 5.74) is 0.880. The summed E-state index contributed by atoms with van der Waals surface area (Å²) >= 11 is 3.44. The number of hydrogen-bond donors (Lipinski definition) is 1. The minimum atomic E-state index is -0.191. The molecule has 0 aliphatic carbocycles. The van der Waals surface area contributed by atoms with Crippen LogP contribution in [-0.2, 0) is 11.3 Å². The first-order valence-electron chi connectivity index (χ1n) is 5.90. The van der Waals surface area contributed by atoms with E-state index in [-0.39, 0.29) is 11.4 Å². The van der Waals surface area contributed by atoms with Gasteiger partial charge >= 0.3 is 0 Å². The van der Waals surface area contributed by atoms with Gasteiger partial charge in [0, 0.05) is 27.1 Å². The van der Waals surface area contributed by atoms with E-state index in [2.05, 4.69) is 21.2 Å². The monoisotopic (exact) mass is 308 g/mol. The van der Waals surface area contributed by atoms with Crippen LogP contribution in [0.15, 0.2) is 34.9 Å². The summed E-state index contributed by atoms with van der Waals surface area (Å²) in [6, 6.07) is 8.07. The van der Waals surface area contributed by atoms with Crippen LogP contribution < -0.4 is 5.32 Å². The number of carbonyl (C=O) groups is 1. The Kier molecular flexibility index (Phi) is 3.48. The van der Waals surface area contributed by atoms with Gasteiger partial charge in [-0.15, -0.1) is 0 Å². The normalized spacial score (nSPS) is 11.8. The smallest absolute Gasteiger partial charge is 0.240 e. The largest absolute Gasteiger partial charge is 0.350 e. The molecule has 0 aliphatic heterocycles. The van der Waals surface area contributed by atoms with E-state index in [9.17, 15) is 4.79 Å². The maximum atomic E-state index is 11.9. The third kappa shape index (κ3) is 3.13. The number of hydrogen-bond acceptors (Lipinski definition) is 1. The number of rotatable bonds is 2. The molecule has 1 heterocycles. The number of nitrogens with one attached hydrogen (secondary N) is 1. The maximum absolute atomic E-state index is 11.9. The number of nitrogens with zero attached hydrogens (tertiary/aromatic N) is 1. The lowest BCUT2D eigenvalue weighted by atomic mass is 10.1. The molecule has 0 saturated heterocycles. The zero-order chi connectivity index (χ0) is 13.3. The number of amides is 1. The predicted molar refractivity (Wildman–Crippen MR) is 77.5 cm³/mol. The van der Waals surface area contributed by atoms with Crippen molar-refractivity contribution < 1.29 is 4.79 Å². The van der Waals surface area contributed by atoms with Gasteiger partial charge in [0.25, 0.3) is 0 Å². The molecule has 0 spiro atoms. The molecule has 0 saturated carbocycles. The van der Waals surface area contributed by atoms with Gasteiger partial charge in [-0.25, -0.2) is 0 Å². The molecule has 4 heteroatoms. The molecular formula is C14H17BrN2O. The first-order chi connectivity index (χ1) is 8.35. The Morgan fingerprint density at radius 2 is 2.06 bits per heavy atom. The fourth-order valence-electron chi connectivity index (χ4n) is 1.92. The van der Waals surface area contributed by atoms with Crippen molar-refractivity contribution in [3.63, 3.8) is 0 Å². The van der Waals surface area contributed by atoms with E-state index in [0.29, 0.717) is 6.54 Å². The SMILES string of the molecule is CC(C)(C)NC(=O)Cn1ccc2cc(Br)ccc21. The number of fused-ring (bicyclic) bond motifs is 1. The van der Waals surface area contributed by atoms with Crippen LogP contribution >= 0.6 is 15.9 Å². The Balaban J connectivity index is 2.20. The van der Waals surface area contributed by atoms with Crippen LogP contribution in [0.2, 0.25) is 0 Å².